The van der Waals surface area contributed by atoms with Crippen LogP contribution in [-0.4, -0.2) is 60.9 Å². The summed E-state index contributed by atoms with van der Waals surface area (Å²) >= 11 is 0. The summed E-state index contributed by atoms with van der Waals surface area (Å²) in [6, 6.07) is 12.8. The van der Waals surface area contributed by atoms with Crippen molar-refractivity contribution in [2.75, 3.05) is 27.4 Å². The number of rotatable bonds is 12. The van der Waals surface area contributed by atoms with Crippen molar-refractivity contribution in [1.82, 2.24) is 9.55 Å². The van der Waals surface area contributed by atoms with Gasteiger partial charge in [0.15, 0.2) is 6.10 Å². The Hall–Kier alpha value is -3.60. The summed E-state index contributed by atoms with van der Waals surface area (Å²) in [5, 5.41) is 5.35. The van der Waals surface area contributed by atoms with Gasteiger partial charge in [-0.05, 0) is 48.7 Å². The molecule has 1 aliphatic carbocycles. The summed E-state index contributed by atoms with van der Waals surface area (Å²) in [4.78, 5) is 21.9. The van der Waals surface area contributed by atoms with Crippen LogP contribution in [0.3, 0.4) is 0 Å². The smallest absolute Gasteiger partial charge is 0.411 e. The van der Waals surface area contributed by atoms with Crippen LogP contribution < -0.4 is 4.74 Å². The van der Waals surface area contributed by atoms with E-state index in [1.54, 1.807) is 31.4 Å². The van der Waals surface area contributed by atoms with Gasteiger partial charge in [0.25, 0.3) is 0 Å². The highest BCUT2D eigenvalue weighted by molar-refractivity contribution is 6.01. The molecule has 1 unspecified atom stereocenters. The number of fused-ring (bicyclic) bond motifs is 1. The molecule has 1 fully saturated rings. The van der Waals surface area contributed by atoms with Gasteiger partial charge in [-0.1, -0.05) is 36.6 Å². The van der Waals surface area contributed by atoms with Crippen LogP contribution in [-0.2, 0) is 32.1 Å². The number of alkyl halides is 3. The summed E-state index contributed by atoms with van der Waals surface area (Å²) in [7, 11) is 2.67. The summed E-state index contributed by atoms with van der Waals surface area (Å²) in [6.07, 6.45) is 1.80. The van der Waals surface area contributed by atoms with Gasteiger partial charge >= 0.3 is 12.1 Å². The van der Waals surface area contributed by atoms with Crippen molar-refractivity contribution in [3.8, 4) is 5.75 Å². The quantitative estimate of drug-likeness (QED) is 0.160. The topological polar surface area (TPSA) is 84.2 Å². The molecular formula is C29H34F3N3O5. The fraction of sp³-hybridized carbons (Fsp3) is 0.483. The molecule has 4 rings (SSSR count). The maximum absolute atomic E-state index is 12.5. The zero-order chi connectivity index (χ0) is 28.5. The van der Waals surface area contributed by atoms with Gasteiger partial charge in [-0.2, -0.15) is 13.2 Å². The highest BCUT2D eigenvalue weighted by Crippen LogP contribution is 2.28. The molecule has 1 aromatic carbocycles. The van der Waals surface area contributed by atoms with Crippen molar-refractivity contribution in [3.63, 3.8) is 0 Å². The van der Waals surface area contributed by atoms with E-state index in [0.29, 0.717) is 30.4 Å². The highest BCUT2D eigenvalue weighted by Gasteiger charge is 2.32. The number of carbonyl (C=O) groups excluding carboxylic acids is 1. The lowest BCUT2D eigenvalue weighted by atomic mass is 9.84. The minimum atomic E-state index is -4.54. The van der Waals surface area contributed by atoms with E-state index in [9.17, 15) is 18.0 Å². The first-order valence-electron chi connectivity index (χ1n) is 13.3. The van der Waals surface area contributed by atoms with Gasteiger partial charge < -0.3 is 23.6 Å². The molecule has 40 heavy (non-hydrogen) atoms. The summed E-state index contributed by atoms with van der Waals surface area (Å²) in [5.41, 5.74) is 3.17. The van der Waals surface area contributed by atoms with E-state index in [1.165, 1.54) is 19.3 Å². The van der Waals surface area contributed by atoms with Gasteiger partial charge in [-0.25, -0.2) is 9.78 Å². The molecule has 8 nitrogen and oxygen atoms in total. The Morgan fingerprint density at radius 3 is 2.50 bits per heavy atom. The third-order valence-corrected chi connectivity index (χ3v) is 6.91. The molecule has 2 aromatic heterocycles. The second-order valence-electron chi connectivity index (χ2n) is 9.75. The first-order valence-corrected chi connectivity index (χ1v) is 13.3. The van der Waals surface area contributed by atoms with E-state index in [4.69, 9.17) is 19.3 Å². The van der Waals surface area contributed by atoms with Crippen LogP contribution in [0.2, 0.25) is 0 Å². The first kappa shape index (κ1) is 29.4. The number of aromatic nitrogens is 2. The van der Waals surface area contributed by atoms with Crippen LogP contribution in [0.5, 0.6) is 5.75 Å². The number of esters is 1. The molecule has 1 atom stereocenters. The van der Waals surface area contributed by atoms with Crippen molar-refractivity contribution < 1.29 is 37.0 Å². The van der Waals surface area contributed by atoms with E-state index in [1.807, 2.05) is 29.0 Å². The number of halogens is 3. The predicted octanol–water partition coefficient (Wildman–Crippen LogP) is 5.71. The van der Waals surface area contributed by atoms with Crippen LogP contribution >= 0.6 is 0 Å². The van der Waals surface area contributed by atoms with Gasteiger partial charge in [0.1, 0.15) is 37.4 Å². The number of hydrogen-bond acceptors (Lipinski definition) is 7. The first-order chi connectivity index (χ1) is 19.3. The lowest BCUT2D eigenvalue weighted by Crippen LogP contribution is -2.32. The number of nitrogens with zero attached hydrogens (tertiary/aromatic N) is 3. The van der Waals surface area contributed by atoms with Gasteiger partial charge in [0, 0.05) is 23.9 Å². The van der Waals surface area contributed by atoms with E-state index in [2.05, 4.69) is 9.89 Å². The van der Waals surface area contributed by atoms with Crippen molar-refractivity contribution in [2.24, 2.45) is 11.1 Å². The zero-order valence-corrected chi connectivity index (χ0v) is 22.7. The van der Waals surface area contributed by atoms with Crippen LogP contribution in [0.4, 0.5) is 13.2 Å². The summed E-state index contributed by atoms with van der Waals surface area (Å²) < 4.78 is 54.9. The fourth-order valence-corrected chi connectivity index (χ4v) is 4.92. The lowest BCUT2D eigenvalue weighted by molar-refractivity contribution is -0.193. The second kappa shape index (κ2) is 13.6. The highest BCUT2D eigenvalue weighted by atomic mass is 19.4. The third kappa shape index (κ3) is 7.97. The molecular weight excluding hydrogens is 527 g/mol. The van der Waals surface area contributed by atoms with Gasteiger partial charge in [-0.15, -0.1) is 0 Å². The second-order valence-corrected chi connectivity index (χ2v) is 9.75. The SMILES string of the molecule is CON=C(c1ccc2ccn(CCOc3ccc(CC(OCC(F)(F)F)C(=O)OC)cc3)c2n1)C1CCCCC1. The molecule has 11 heteroatoms. The van der Waals surface area contributed by atoms with Crippen molar-refractivity contribution in [3.05, 3.63) is 59.9 Å². The molecule has 0 N–H and O–H groups in total. The number of oxime groups is 1. The summed E-state index contributed by atoms with van der Waals surface area (Å²) in [5.74, 6) is 0.0682. The standard InChI is InChI=1S/C29H34F3N3O5/c1-37-28(36)25(40-19-29(30,31)32)18-20-8-11-23(12-9-20)39-17-16-35-15-14-22-10-13-24(33-27(22)35)26(34-38-2)21-6-4-3-5-7-21/h8-15,21,25H,3-7,16-19H2,1-2H3. The third-order valence-electron chi connectivity index (χ3n) is 6.91. The minimum Gasteiger partial charge on any atom is -0.492 e. The Bertz CT molecular complexity index is 1280. The Morgan fingerprint density at radius 2 is 1.82 bits per heavy atom. The maximum Gasteiger partial charge on any atom is 0.411 e. The number of ether oxygens (including phenoxy) is 3. The van der Waals surface area contributed by atoms with Crippen LogP contribution in [0.1, 0.15) is 43.4 Å². The molecule has 0 radical (unpaired) electrons. The molecule has 0 amide bonds. The molecule has 0 saturated heterocycles. The molecule has 3 aromatic rings. The molecule has 1 saturated carbocycles. The van der Waals surface area contributed by atoms with E-state index < -0.39 is 24.9 Å². The molecule has 2 heterocycles. The number of methoxy groups -OCH3 is 1. The zero-order valence-electron chi connectivity index (χ0n) is 22.7. The lowest BCUT2D eigenvalue weighted by Gasteiger charge is -2.22. The Balaban J connectivity index is 1.37. The van der Waals surface area contributed by atoms with Crippen molar-refractivity contribution in [1.29, 1.82) is 0 Å². The van der Waals surface area contributed by atoms with Gasteiger partial charge in [-0.3, -0.25) is 0 Å². The van der Waals surface area contributed by atoms with Gasteiger partial charge in [0.05, 0.1) is 19.3 Å². The Labute approximate surface area is 231 Å². The predicted molar refractivity (Wildman–Crippen MR) is 143 cm³/mol. The average Bonchev–Trinajstić information content (AvgIpc) is 3.36. The summed E-state index contributed by atoms with van der Waals surface area (Å²) in [6.45, 7) is -0.604. The van der Waals surface area contributed by atoms with Crippen LogP contribution in [0.25, 0.3) is 11.0 Å². The normalized spacial score (nSPS) is 15.7. The molecule has 0 spiro atoms. The minimum absolute atomic E-state index is 0.0540. The largest absolute Gasteiger partial charge is 0.492 e. The van der Waals surface area contributed by atoms with E-state index >= 15 is 0 Å². The molecule has 216 valence electrons. The number of hydrogen-bond donors (Lipinski definition) is 0. The molecule has 1 aliphatic rings. The Morgan fingerprint density at radius 1 is 1.07 bits per heavy atom. The van der Waals surface area contributed by atoms with E-state index in [-0.39, 0.29) is 6.42 Å². The average molecular weight is 562 g/mol. The van der Waals surface area contributed by atoms with Crippen LogP contribution in [0, 0.1) is 5.92 Å². The van der Waals surface area contributed by atoms with E-state index in [0.717, 1.165) is 42.4 Å². The Kier molecular flexibility index (Phi) is 10.0. The van der Waals surface area contributed by atoms with Crippen molar-refractivity contribution in [2.45, 2.75) is 57.3 Å². The molecule has 0 aliphatic heterocycles. The number of benzene rings is 1. The fourth-order valence-electron chi connectivity index (χ4n) is 4.92. The molecule has 0 bridgehead atoms. The number of carbonyl (C=O) groups is 1. The number of pyridine rings is 1. The maximum atomic E-state index is 12.5. The van der Waals surface area contributed by atoms with Gasteiger partial charge in [0.2, 0.25) is 0 Å². The van der Waals surface area contributed by atoms with Crippen LogP contribution in [0.15, 0.2) is 53.8 Å². The van der Waals surface area contributed by atoms with Crippen molar-refractivity contribution >= 4 is 22.7 Å². The monoisotopic (exact) mass is 561 g/mol.